The number of hydrogen-bond donors (Lipinski definition) is 5. The van der Waals surface area contributed by atoms with E-state index in [1.165, 1.54) is 7.05 Å². The van der Waals surface area contributed by atoms with Crippen LogP contribution in [-0.4, -0.2) is 57.6 Å². The summed E-state index contributed by atoms with van der Waals surface area (Å²) in [5, 5.41) is 8.97. The minimum Gasteiger partial charge on any atom is -0.480 e. The van der Waals surface area contributed by atoms with Crippen LogP contribution in [0.3, 0.4) is 0 Å². The first kappa shape index (κ1) is 16.9. The predicted octanol–water partition coefficient (Wildman–Crippen LogP) is -1.44. The molecule has 0 spiro atoms. The van der Waals surface area contributed by atoms with Gasteiger partial charge in [-0.05, 0) is 19.9 Å². The molecule has 0 aromatic heterocycles. The van der Waals surface area contributed by atoms with Gasteiger partial charge in [0.1, 0.15) is 12.3 Å². The molecule has 1 atom stereocenters. The average Bonchev–Trinajstić information content (AvgIpc) is 2.12. The van der Waals surface area contributed by atoms with Crippen LogP contribution in [0.5, 0.6) is 0 Å². The summed E-state index contributed by atoms with van der Waals surface area (Å²) in [5.41, 5.74) is 10.2. The van der Waals surface area contributed by atoms with Gasteiger partial charge in [-0.1, -0.05) is 0 Å². The second-order valence-electron chi connectivity index (χ2n) is 3.87. The number of carboxylic acid groups (broad SMARTS) is 1. The van der Waals surface area contributed by atoms with Crippen LogP contribution < -0.4 is 11.5 Å². The number of aliphatic imine (C=N–C) groups is 1. The van der Waals surface area contributed by atoms with Crippen LogP contribution in [0.15, 0.2) is 4.99 Å². The van der Waals surface area contributed by atoms with Crippen LogP contribution in [-0.2, 0) is 9.36 Å². The van der Waals surface area contributed by atoms with E-state index < -0.39 is 25.9 Å². The summed E-state index contributed by atoms with van der Waals surface area (Å²) in [7, 11) is -2.93. The van der Waals surface area contributed by atoms with E-state index in [9.17, 15) is 9.36 Å². The largest absolute Gasteiger partial charge is 0.480 e. The third-order valence-electron chi connectivity index (χ3n) is 2.15. The number of hydrogen-bond acceptors (Lipinski definition) is 4. The summed E-state index contributed by atoms with van der Waals surface area (Å²) >= 11 is 0. The number of aliphatic carboxylic acids is 1. The molecule has 106 valence electrons. The highest BCUT2D eigenvalue weighted by Crippen LogP contribution is 2.35. The van der Waals surface area contributed by atoms with Crippen molar-refractivity contribution in [2.75, 3.05) is 19.9 Å². The van der Waals surface area contributed by atoms with E-state index in [-0.39, 0.29) is 18.9 Å². The minimum absolute atomic E-state index is 0.0783. The molecule has 0 aliphatic rings. The van der Waals surface area contributed by atoms with Crippen molar-refractivity contribution < 1.29 is 24.3 Å². The first-order chi connectivity index (χ1) is 8.13. The first-order valence-corrected chi connectivity index (χ1v) is 6.96. The summed E-state index contributed by atoms with van der Waals surface area (Å²) in [6.45, 7) is 0.274. The molecule has 0 saturated heterocycles. The summed E-state index contributed by atoms with van der Waals surface area (Å²) in [4.78, 5) is 33.4. The van der Waals surface area contributed by atoms with Crippen molar-refractivity contribution in [3.63, 3.8) is 0 Å². The van der Waals surface area contributed by atoms with Crippen LogP contribution in [0.25, 0.3) is 0 Å². The highest BCUT2D eigenvalue weighted by atomic mass is 31.2. The van der Waals surface area contributed by atoms with Crippen LogP contribution in [0.4, 0.5) is 0 Å². The Kier molecular flexibility index (Phi) is 6.85. The van der Waals surface area contributed by atoms with Crippen molar-refractivity contribution in [2.45, 2.75) is 18.9 Å². The SMILES string of the molecule is CN(CP(=O)(O)O)[C@H](CCCN=C(N)N)C(=O)O. The summed E-state index contributed by atoms with van der Waals surface area (Å²) in [6, 6.07) is -0.980. The number of carboxylic acids is 1. The zero-order valence-corrected chi connectivity index (χ0v) is 11.0. The highest BCUT2D eigenvalue weighted by Gasteiger charge is 2.27. The van der Waals surface area contributed by atoms with Crippen molar-refractivity contribution in [3.05, 3.63) is 0 Å². The van der Waals surface area contributed by atoms with E-state index in [1.807, 2.05) is 0 Å². The molecule has 0 aliphatic carbocycles. The molecule has 0 aromatic rings. The zero-order valence-electron chi connectivity index (χ0n) is 10.1. The van der Waals surface area contributed by atoms with E-state index in [0.717, 1.165) is 4.90 Å². The molecule has 7 N–H and O–H groups in total. The number of likely N-dealkylation sites (N-methyl/N-ethyl adjacent to an activating group) is 1. The Balaban J connectivity index is 4.35. The number of nitrogens with two attached hydrogens (primary N) is 2. The summed E-state index contributed by atoms with van der Waals surface area (Å²) in [5.74, 6) is -1.22. The number of nitrogens with zero attached hydrogens (tertiary/aromatic N) is 2. The number of carbonyl (C=O) groups is 1. The molecule has 0 fully saturated rings. The maximum absolute atomic E-state index is 11.0. The monoisotopic (exact) mass is 282 g/mol. The van der Waals surface area contributed by atoms with Gasteiger partial charge in [-0.25, -0.2) is 0 Å². The maximum Gasteiger partial charge on any atom is 0.339 e. The molecule has 10 heteroatoms. The molecule has 9 nitrogen and oxygen atoms in total. The van der Waals surface area contributed by atoms with Gasteiger partial charge in [0, 0.05) is 6.54 Å². The quantitative estimate of drug-likeness (QED) is 0.156. The van der Waals surface area contributed by atoms with Crippen molar-refractivity contribution >= 4 is 19.5 Å². The smallest absolute Gasteiger partial charge is 0.339 e. The fraction of sp³-hybridized carbons (Fsp3) is 0.750. The minimum atomic E-state index is -4.28. The van der Waals surface area contributed by atoms with Gasteiger partial charge in [-0.2, -0.15) is 0 Å². The average molecular weight is 282 g/mol. The predicted molar refractivity (Wildman–Crippen MR) is 66.0 cm³/mol. The van der Waals surface area contributed by atoms with Crippen molar-refractivity contribution in [1.82, 2.24) is 4.90 Å². The van der Waals surface area contributed by atoms with E-state index in [1.54, 1.807) is 0 Å². The van der Waals surface area contributed by atoms with Gasteiger partial charge in [0.05, 0.1) is 0 Å². The third-order valence-corrected chi connectivity index (χ3v) is 2.97. The zero-order chi connectivity index (χ0) is 14.3. The molecule has 18 heavy (non-hydrogen) atoms. The Morgan fingerprint density at radius 1 is 1.44 bits per heavy atom. The number of rotatable bonds is 8. The van der Waals surface area contributed by atoms with E-state index in [2.05, 4.69) is 4.99 Å². The first-order valence-electron chi connectivity index (χ1n) is 5.16. The van der Waals surface area contributed by atoms with Gasteiger partial charge in [0.25, 0.3) is 0 Å². The Morgan fingerprint density at radius 3 is 2.39 bits per heavy atom. The van der Waals surface area contributed by atoms with Gasteiger partial charge >= 0.3 is 13.6 Å². The lowest BCUT2D eigenvalue weighted by molar-refractivity contribution is -0.142. The Labute approximate surface area is 105 Å². The third kappa shape index (κ3) is 8.02. The van der Waals surface area contributed by atoms with Crippen LogP contribution in [0.1, 0.15) is 12.8 Å². The molecule has 0 radical (unpaired) electrons. The second-order valence-corrected chi connectivity index (χ2v) is 5.48. The lowest BCUT2D eigenvalue weighted by atomic mass is 10.1. The fourth-order valence-corrected chi connectivity index (χ4v) is 2.19. The molecule has 0 heterocycles. The van der Waals surface area contributed by atoms with E-state index in [4.69, 9.17) is 26.4 Å². The summed E-state index contributed by atoms with van der Waals surface area (Å²) in [6.07, 6.45) is -0.00472. The molecule has 0 rings (SSSR count). The second kappa shape index (κ2) is 7.32. The van der Waals surface area contributed by atoms with Gasteiger partial charge in [0.15, 0.2) is 5.96 Å². The molecular weight excluding hydrogens is 263 g/mol. The maximum atomic E-state index is 11.0. The Morgan fingerprint density at radius 2 is 2.00 bits per heavy atom. The van der Waals surface area contributed by atoms with Gasteiger partial charge in [-0.3, -0.25) is 19.3 Å². The normalized spacial score (nSPS) is 13.3. The molecule has 0 bridgehead atoms. The highest BCUT2D eigenvalue weighted by molar-refractivity contribution is 7.51. The lowest BCUT2D eigenvalue weighted by Crippen LogP contribution is -2.39. The fourth-order valence-electron chi connectivity index (χ4n) is 1.41. The van der Waals surface area contributed by atoms with Crippen LogP contribution in [0, 0.1) is 0 Å². The van der Waals surface area contributed by atoms with Crippen molar-refractivity contribution in [3.8, 4) is 0 Å². The summed E-state index contributed by atoms with van der Waals surface area (Å²) < 4.78 is 10.8. The molecule has 0 amide bonds. The van der Waals surface area contributed by atoms with Crippen molar-refractivity contribution in [2.24, 2.45) is 16.5 Å². The van der Waals surface area contributed by atoms with Gasteiger partial charge < -0.3 is 26.4 Å². The molecular formula is C8H19N4O5P. The van der Waals surface area contributed by atoms with E-state index >= 15 is 0 Å². The molecule has 0 aliphatic heterocycles. The molecule has 0 unspecified atom stereocenters. The van der Waals surface area contributed by atoms with E-state index in [0.29, 0.717) is 6.42 Å². The molecule has 0 saturated carbocycles. The standard InChI is InChI=1S/C8H19N4O5P/c1-12(5-18(15,16)17)6(7(13)14)3-2-4-11-8(9)10/h6H,2-5H2,1H3,(H,13,14)(H4,9,10,11)(H2,15,16,17)/t6-/m1/s1. The molecule has 0 aromatic carbocycles. The Hall–Kier alpha value is -1.15. The van der Waals surface area contributed by atoms with Crippen molar-refractivity contribution in [1.29, 1.82) is 0 Å². The number of guanidine groups is 1. The topological polar surface area (TPSA) is 162 Å². The Bertz CT molecular complexity index is 351. The van der Waals surface area contributed by atoms with Crippen LogP contribution in [0.2, 0.25) is 0 Å². The van der Waals surface area contributed by atoms with Crippen LogP contribution >= 0.6 is 7.60 Å². The van der Waals surface area contributed by atoms with Gasteiger partial charge in [0.2, 0.25) is 0 Å². The lowest BCUT2D eigenvalue weighted by Gasteiger charge is -2.24. The van der Waals surface area contributed by atoms with Gasteiger partial charge in [-0.15, -0.1) is 0 Å².